The first-order valence-corrected chi connectivity index (χ1v) is 5.37. The SMILES string of the molecule is Cn1nnnc1N1CC(CN)OC(C)(C)C1. The van der Waals surface area contributed by atoms with Crippen molar-refractivity contribution in [3.05, 3.63) is 0 Å². The number of ether oxygens (including phenoxy) is 1. The van der Waals surface area contributed by atoms with Crippen LogP contribution in [0.3, 0.4) is 0 Å². The highest BCUT2D eigenvalue weighted by Crippen LogP contribution is 2.23. The molecule has 1 aromatic rings. The first-order valence-electron chi connectivity index (χ1n) is 5.37. The molecule has 1 fully saturated rings. The maximum Gasteiger partial charge on any atom is 0.245 e. The summed E-state index contributed by atoms with van der Waals surface area (Å²) < 4.78 is 7.51. The smallest absolute Gasteiger partial charge is 0.245 e. The van der Waals surface area contributed by atoms with Gasteiger partial charge in [0.05, 0.1) is 11.7 Å². The molecule has 1 aliphatic heterocycles. The molecule has 0 amide bonds. The lowest BCUT2D eigenvalue weighted by Crippen LogP contribution is -2.55. The van der Waals surface area contributed by atoms with E-state index in [-0.39, 0.29) is 11.7 Å². The van der Waals surface area contributed by atoms with E-state index < -0.39 is 0 Å². The van der Waals surface area contributed by atoms with Gasteiger partial charge in [-0.2, -0.15) is 0 Å². The highest BCUT2D eigenvalue weighted by molar-refractivity contribution is 5.30. The Hall–Kier alpha value is -1.21. The number of tetrazole rings is 1. The number of nitrogens with zero attached hydrogens (tertiary/aromatic N) is 5. The molecule has 2 N–H and O–H groups in total. The van der Waals surface area contributed by atoms with Gasteiger partial charge in [-0.05, 0) is 24.3 Å². The number of aryl methyl sites for hydroxylation is 1. The molecule has 7 heteroatoms. The summed E-state index contributed by atoms with van der Waals surface area (Å²) in [5, 5.41) is 11.5. The van der Waals surface area contributed by atoms with Gasteiger partial charge in [0.25, 0.3) is 0 Å². The van der Waals surface area contributed by atoms with Crippen molar-refractivity contribution in [1.82, 2.24) is 20.2 Å². The zero-order valence-electron chi connectivity index (χ0n) is 9.92. The van der Waals surface area contributed by atoms with Crippen molar-refractivity contribution in [3.63, 3.8) is 0 Å². The number of aromatic nitrogens is 4. The maximum atomic E-state index is 5.85. The molecule has 1 aromatic heterocycles. The molecule has 0 bridgehead atoms. The van der Waals surface area contributed by atoms with Crippen LogP contribution in [0.5, 0.6) is 0 Å². The number of hydrogen-bond donors (Lipinski definition) is 1. The zero-order valence-corrected chi connectivity index (χ0v) is 9.92. The van der Waals surface area contributed by atoms with Crippen molar-refractivity contribution in [3.8, 4) is 0 Å². The van der Waals surface area contributed by atoms with Gasteiger partial charge in [0.2, 0.25) is 5.95 Å². The average Bonchev–Trinajstić information content (AvgIpc) is 2.62. The molecular formula is C9H18N6O. The van der Waals surface area contributed by atoms with Gasteiger partial charge in [-0.25, -0.2) is 4.68 Å². The molecule has 1 saturated heterocycles. The lowest BCUT2D eigenvalue weighted by Gasteiger charge is -2.42. The summed E-state index contributed by atoms with van der Waals surface area (Å²) in [5.74, 6) is 0.759. The Morgan fingerprint density at radius 2 is 2.31 bits per heavy atom. The van der Waals surface area contributed by atoms with Crippen LogP contribution in [0.4, 0.5) is 5.95 Å². The third-order valence-corrected chi connectivity index (χ3v) is 2.62. The third kappa shape index (κ3) is 2.14. The minimum absolute atomic E-state index is 0.0282. The zero-order chi connectivity index (χ0) is 11.8. The molecule has 0 aliphatic carbocycles. The van der Waals surface area contributed by atoms with Crippen molar-refractivity contribution < 1.29 is 4.74 Å². The van der Waals surface area contributed by atoms with Crippen LogP contribution in [0, 0.1) is 0 Å². The van der Waals surface area contributed by atoms with Crippen molar-refractivity contribution >= 4 is 5.95 Å². The number of anilines is 1. The molecule has 1 atom stereocenters. The van der Waals surface area contributed by atoms with E-state index in [1.807, 2.05) is 20.9 Å². The molecule has 1 unspecified atom stereocenters. The molecule has 90 valence electrons. The van der Waals surface area contributed by atoms with E-state index in [1.165, 1.54) is 0 Å². The van der Waals surface area contributed by atoms with Crippen LogP contribution in [-0.2, 0) is 11.8 Å². The fourth-order valence-corrected chi connectivity index (χ4v) is 2.06. The molecule has 1 aliphatic rings. The second kappa shape index (κ2) is 3.99. The van der Waals surface area contributed by atoms with Crippen LogP contribution in [0.1, 0.15) is 13.8 Å². The maximum absolute atomic E-state index is 5.85. The Bertz CT molecular complexity index is 363. The van der Waals surface area contributed by atoms with Gasteiger partial charge in [0.15, 0.2) is 0 Å². The van der Waals surface area contributed by atoms with Crippen molar-refractivity contribution in [2.75, 3.05) is 24.5 Å². The van der Waals surface area contributed by atoms with Crippen molar-refractivity contribution in [1.29, 1.82) is 0 Å². The molecule has 0 aromatic carbocycles. The molecule has 0 saturated carbocycles. The van der Waals surface area contributed by atoms with E-state index in [9.17, 15) is 0 Å². The van der Waals surface area contributed by atoms with Gasteiger partial charge < -0.3 is 15.4 Å². The van der Waals surface area contributed by atoms with Crippen LogP contribution < -0.4 is 10.6 Å². The number of hydrogen-bond acceptors (Lipinski definition) is 6. The number of morpholine rings is 1. The van der Waals surface area contributed by atoms with Gasteiger partial charge in [0, 0.05) is 26.7 Å². The normalized spacial score (nSPS) is 24.8. The quantitative estimate of drug-likeness (QED) is 0.707. The predicted molar refractivity (Wildman–Crippen MR) is 59.0 cm³/mol. The Morgan fingerprint density at radius 1 is 1.56 bits per heavy atom. The summed E-state index contributed by atoms with van der Waals surface area (Å²) in [4.78, 5) is 2.11. The van der Waals surface area contributed by atoms with E-state index in [0.29, 0.717) is 6.54 Å². The molecular weight excluding hydrogens is 208 g/mol. The number of nitrogens with two attached hydrogens (primary N) is 1. The number of rotatable bonds is 2. The molecule has 2 heterocycles. The Kier molecular flexibility index (Phi) is 2.81. The van der Waals surface area contributed by atoms with Crippen molar-refractivity contribution in [2.24, 2.45) is 12.8 Å². The topological polar surface area (TPSA) is 82.1 Å². The highest BCUT2D eigenvalue weighted by atomic mass is 16.5. The van der Waals surface area contributed by atoms with Crippen LogP contribution in [0.25, 0.3) is 0 Å². The summed E-state index contributed by atoms with van der Waals surface area (Å²) in [7, 11) is 1.83. The molecule has 0 spiro atoms. The molecule has 7 nitrogen and oxygen atoms in total. The predicted octanol–water partition coefficient (Wildman–Crippen LogP) is -0.847. The van der Waals surface area contributed by atoms with Crippen LogP contribution in [0.2, 0.25) is 0 Å². The Morgan fingerprint density at radius 3 is 2.88 bits per heavy atom. The van der Waals surface area contributed by atoms with E-state index >= 15 is 0 Å². The first kappa shape index (κ1) is 11.3. The second-order valence-corrected chi connectivity index (χ2v) is 4.72. The van der Waals surface area contributed by atoms with E-state index in [4.69, 9.17) is 10.5 Å². The van der Waals surface area contributed by atoms with Crippen LogP contribution >= 0.6 is 0 Å². The van der Waals surface area contributed by atoms with Gasteiger partial charge in [-0.3, -0.25) is 0 Å². The van der Waals surface area contributed by atoms with Crippen LogP contribution in [0.15, 0.2) is 0 Å². The van der Waals surface area contributed by atoms with Gasteiger partial charge in [-0.15, -0.1) is 0 Å². The fourth-order valence-electron chi connectivity index (χ4n) is 2.06. The second-order valence-electron chi connectivity index (χ2n) is 4.72. The first-order chi connectivity index (χ1) is 7.52. The minimum atomic E-state index is -0.228. The lowest BCUT2D eigenvalue weighted by molar-refractivity contribution is -0.0793. The van der Waals surface area contributed by atoms with Gasteiger partial charge >= 0.3 is 0 Å². The Balaban J connectivity index is 2.19. The Labute approximate surface area is 94.5 Å². The fraction of sp³-hybridized carbons (Fsp3) is 0.889. The molecule has 16 heavy (non-hydrogen) atoms. The standard InChI is InChI=1S/C9H18N6O/c1-9(2)6-15(5-7(4-10)16-9)8-11-12-13-14(8)3/h7H,4-6,10H2,1-3H3. The average molecular weight is 226 g/mol. The summed E-state index contributed by atoms with van der Waals surface area (Å²) in [6.45, 7) is 6.09. The summed E-state index contributed by atoms with van der Waals surface area (Å²) in [6, 6.07) is 0. The summed E-state index contributed by atoms with van der Waals surface area (Å²) in [5.41, 5.74) is 5.44. The highest BCUT2D eigenvalue weighted by Gasteiger charge is 2.34. The molecule has 0 radical (unpaired) electrons. The van der Waals surface area contributed by atoms with Gasteiger partial charge in [-0.1, -0.05) is 5.10 Å². The summed E-state index contributed by atoms with van der Waals surface area (Å²) in [6.07, 6.45) is 0.0282. The van der Waals surface area contributed by atoms with E-state index in [2.05, 4.69) is 20.4 Å². The van der Waals surface area contributed by atoms with Gasteiger partial charge in [0.1, 0.15) is 0 Å². The van der Waals surface area contributed by atoms with Crippen LogP contribution in [-0.4, -0.2) is 51.5 Å². The molecule has 2 rings (SSSR count). The lowest BCUT2D eigenvalue weighted by atomic mass is 10.1. The van der Waals surface area contributed by atoms with E-state index in [0.717, 1.165) is 19.0 Å². The largest absolute Gasteiger partial charge is 0.367 e. The van der Waals surface area contributed by atoms with Crippen molar-refractivity contribution in [2.45, 2.75) is 25.6 Å². The monoisotopic (exact) mass is 226 g/mol. The summed E-state index contributed by atoms with van der Waals surface area (Å²) >= 11 is 0. The minimum Gasteiger partial charge on any atom is -0.367 e. The van der Waals surface area contributed by atoms with E-state index in [1.54, 1.807) is 4.68 Å². The third-order valence-electron chi connectivity index (χ3n) is 2.62.